The molecule has 2 aromatic carbocycles. The highest BCUT2D eigenvalue weighted by Crippen LogP contribution is 2.41. The molecule has 5 rings (SSSR count). The fourth-order valence-electron chi connectivity index (χ4n) is 5.17. The van der Waals surface area contributed by atoms with Crippen molar-refractivity contribution in [1.82, 2.24) is 14.7 Å². The Kier molecular flexibility index (Phi) is 6.62. The van der Waals surface area contributed by atoms with Crippen LogP contribution in [0.4, 0.5) is 4.79 Å². The van der Waals surface area contributed by atoms with E-state index >= 15 is 0 Å². The van der Waals surface area contributed by atoms with Crippen LogP contribution in [0.15, 0.2) is 42.5 Å². The summed E-state index contributed by atoms with van der Waals surface area (Å²) in [5, 5.41) is 0. The van der Waals surface area contributed by atoms with Gasteiger partial charge in [0.2, 0.25) is 0 Å². The third-order valence-electron chi connectivity index (χ3n) is 7.05. The van der Waals surface area contributed by atoms with Crippen molar-refractivity contribution in [3.63, 3.8) is 0 Å². The molecule has 10 nitrogen and oxygen atoms in total. The Hall–Kier alpha value is -4.65. The van der Waals surface area contributed by atoms with Crippen molar-refractivity contribution in [1.29, 1.82) is 0 Å². The van der Waals surface area contributed by atoms with Crippen LogP contribution in [0.5, 0.6) is 0 Å². The summed E-state index contributed by atoms with van der Waals surface area (Å²) in [5.41, 5.74) is 0.715. The summed E-state index contributed by atoms with van der Waals surface area (Å²) in [5.74, 6) is 3.94. The van der Waals surface area contributed by atoms with Gasteiger partial charge >= 0.3 is 12.1 Å². The Morgan fingerprint density at radius 1 is 0.925 bits per heavy atom. The molecule has 40 heavy (non-hydrogen) atoms. The van der Waals surface area contributed by atoms with E-state index in [0.717, 1.165) is 4.90 Å². The lowest BCUT2D eigenvalue weighted by atomic mass is 9.73. The number of fused-ring (bicyclic) bond motifs is 1. The molecule has 0 aromatic heterocycles. The molecule has 2 fully saturated rings. The number of methoxy groups -OCH3 is 1. The van der Waals surface area contributed by atoms with Crippen LogP contribution in [0.25, 0.3) is 0 Å². The van der Waals surface area contributed by atoms with Crippen LogP contribution < -0.4 is 0 Å². The van der Waals surface area contributed by atoms with Gasteiger partial charge < -0.3 is 19.3 Å². The largest absolute Gasteiger partial charge is 0.465 e. The van der Waals surface area contributed by atoms with Crippen molar-refractivity contribution < 1.29 is 33.4 Å². The van der Waals surface area contributed by atoms with Gasteiger partial charge in [-0.2, -0.15) is 0 Å². The van der Waals surface area contributed by atoms with Gasteiger partial charge in [0.1, 0.15) is 5.60 Å². The first kappa shape index (κ1) is 26.9. The number of carbonyl (C=O) groups is 5. The first-order valence-electron chi connectivity index (χ1n) is 12.8. The predicted octanol–water partition coefficient (Wildman–Crippen LogP) is 2.81. The highest BCUT2D eigenvalue weighted by atomic mass is 16.6. The van der Waals surface area contributed by atoms with Crippen molar-refractivity contribution in [2.24, 2.45) is 5.41 Å². The molecule has 2 saturated heterocycles. The molecule has 0 radical (unpaired) electrons. The maximum atomic E-state index is 13.2. The van der Waals surface area contributed by atoms with Gasteiger partial charge in [0, 0.05) is 42.7 Å². The smallest absolute Gasteiger partial charge is 0.410 e. The van der Waals surface area contributed by atoms with Gasteiger partial charge in [0.05, 0.1) is 30.3 Å². The second-order valence-corrected chi connectivity index (χ2v) is 11.3. The fraction of sp³-hybridized carbons (Fsp3) is 0.367. The normalized spacial score (nSPS) is 16.9. The van der Waals surface area contributed by atoms with Gasteiger partial charge in [0.15, 0.2) is 0 Å². The molecule has 0 aliphatic carbocycles. The minimum atomic E-state index is -0.622. The molecule has 1 spiro atoms. The zero-order valence-electron chi connectivity index (χ0n) is 22.8. The van der Waals surface area contributed by atoms with E-state index in [2.05, 4.69) is 11.8 Å². The molecule has 3 aliphatic rings. The molecule has 0 saturated carbocycles. The summed E-state index contributed by atoms with van der Waals surface area (Å²) in [7, 11) is 1.25. The van der Waals surface area contributed by atoms with Crippen LogP contribution in [-0.2, 0) is 9.47 Å². The Balaban J connectivity index is 1.26. The van der Waals surface area contributed by atoms with Crippen LogP contribution in [0.3, 0.4) is 0 Å². The number of rotatable bonds is 3. The van der Waals surface area contributed by atoms with Crippen molar-refractivity contribution in [2.45, 2.75) is 26.4 Å². The van der Waals surface area contributed by atoms with E-state index in [4.69, 9.17) is 9.47 Å². The number of ether oxygens (including phenoxy) is 2. The predicted molar refractivity (Wildman–Crippen MR) is 143 cm³/mol. The minimum absolute atomic E-state index is 0.131. The van der Waals surface area contributed by atoms with Crippen molar-refractivity contribution in [2.75, 3.05) is 39.8 Å². The number of benzene rings is 2. The third-order valence-corrected chi connectivity index (χ3v) is 7.05. The molecule has 3 heterocycles. The summed E-state index contributed by atoms with van der Waals surface area (Å²) >= 11 is 0. The number of hydrogen-bond donors (Lipinski definition) is 0. The lowest BCUT2D eigenvalue weighted by molar-refractivity contribution is -0.0980. The Labute approximate surface area is 231 Å². The lowest BCUT2D eigenvalue weighted by Gasteiger charge is -2.59. The Morgan fingerprint density at radius 3 is 2.10 bits per heavy atom. The molecular formula is C30H29N3O7. The maximum Gasteiger partial charge on any atom is 0.410 e. The van der Waals surface area contributed by atoms with E-state index in [1.807, 2.05) is 20.8 Å². The van der Waals surface area contributed by atoms with E-state index in [0.29, 0.717) is 42.9 Å². The summed E-state index contributed by atoms with van der Waals surface area (Å²) in [4.78, 5) is 67.4. The second-order valence-electron chi connectivity index (χ2n) is 11.3. The summed E-state index contributed by atoms with van der Waals surface area (Å²) < 4.78 is 10.3. The van der Waals surface area contributed by atoms with Crippen LogP contribution >= 0.6 is 0 Å². The Bertz CT molecular complexity index is 1460. The van der Waals surface area contributed by atoms with Crippen LogP contribution in [0, 0.1) is 17.3 Å². The van der Waals surface area contributed by atoms with E-state index in [9.17, 15) is 24.0 Å². The second kappa shape index (κ2) is 9.83. The molecule has 10 heteroatoms. The summed E-state index contributed by atoms with van der Waals surface area (Å²) in [6.45, 7) is 7.35. The molecule has 3 aliphatic heterocycles. The minimum Gasteiger partial charge on any atom is -0.465 e. The van der Waals surface area contributed by atoms with Gasteiger partial charge in [-0.15, -0.1) is 0 Å². The average molecular weight is 544 g/mol. The molecule has 2 aromatic rings. The summed E-state index contributed by atoms with van der Waals surface area (Å²) in [6, 6.07) is 11.1. The molecule has 0 atom stereocenters. The first-order chi connectivity index (χ1) is 18.9. The van der Waals surface area contributed by atoms with E-state index in [1.165, 1.54) is 19.2 Å². The van der Waals surface area contributed by atoms with E-state index in [1.54, 1.807) is 40.1 Å². The molecule has 4 amide bonds. The number of nitrogens with zero attached hydrogens (tertiary/aromatic N) is 3. The highest BCUT2D eigenvalue weighted by molar-refractivity contribution is 6.21. The lowest BCUT2D eigenvalue weighted by Crippen LogP contribution is -2.73. The van der Waals surface area contributed by atoms with Gasteiger partial charge in [-0.3, -0.25) is 19.3 Å². The zero-order valence-corrected chi connectivity index (χ0v) is 22.8. The molecular weight excluding hydrogens is 514 g/mol. The van der Waals surface area contributed by atoms with Gasteiger partial charge in [-0.25, -0.2) is 9.59 Å². The fourth-order valence-corrected chi connectivity index (χ4v) is 5.17. The number of carbonyl (C=O) groups excluding carboxylic acids is 5. The zero-order chi connectivity index (χ0) is 28.8. The molecule has 0 unspecified atom stereocenters. The topological polar surface area (TPSA) is 114 Å². The maximum absolute atomic E-state index is 13.2. The van der Waals surface area contributed by atoms with Crippen LogP contribution in [0.1, 0.15) is 67.8 Å². The van der Waals surface area contributed by atoms with Gasteiger partial charge in [0.25, 0.3) is 17.7 Å². The van der Waals surface area contributed by atoms with Crippen molar-refractivity contribution in [3.05, 3.63) is 70.3 Å². The summed E-state index contributed by atoms with van der Waals surface area (Å²) in [6.07, 6.45) is -0.356. The van der Waals surface area contributed by atoms with Gasteiger partial charge in [-0.05, 0) is 51.1 Å². The number of esters is 1. The number of hydrogen-bond acceptors (Lipinski definition) is 7. The number of likely N-dealkylation sites (tertiary alicyclic amines) is 2. The molecule has 206 valence electrons. The Morgan fingerprint density at radius 2 is 1.52 bits per heavy atom. The highest BCUT2D eigenvalue weighted by Gasteiger charge is 2.55. The van der Waals surface area contributed by atoms with Crippen molar-refractivity contribution >= 4 is 29.8 Å². The SMILES string of the molecule is COC(=O)c1ccc(C(=O)N2CC3(CN(C(=O)OC(C)(C)C)C3)C2)cc1C#CCN1C(=O)c2ccccc2C1=O. The van der Waals surface area contributed by atoms with E-state index in [-0.39, 0.29) is 35.1 Å². The third kappa shape index (κ3) is 4.91. The standard InChI is InChI=1S/C30H29N3O7/c1-29(2,3)40-28(38)32-17-30(18-32)15-31(16-30)24(34)20-11-12-21(27(37)39-4)19(14-20)8-7-13-33-25(35)22-9-5-6-10-23(22)26(33)36/h5-6,9-12,14H,13,15-18H2,1-4H3. The van der Waals surface area contributed by atoms with E-state index < -0.39 is 23.4 Å². The quantitative estimate of drug-likeness (QED) is 0.332. The molecule has 0 bridgehead atoms. The van der Waals surface area contributed by atoms with Crippen LogP contribution in [0.2, 0.25) is 0 Å². The number of imide groups is 1. The monoisotopic (exact) mass is 543 g/mol. The number of amides is 4. The average Bonchev–Trinajstić information content (AvgIpc) is 3.10. The van der Waals surface area contributed by atoms with Gasteiger partial charge in [-0.1, -0.05) is 24.0 Å². The first-order valence-corrected chi connectivity index (χ1v) is 12.8. The van der Waals surface area contributed by atoms with Crippen LogP contribution in [-0.4, -0.2) is 89.9 Å². The van der Waals surface area contributed by atoms with Crippen molar-refractivity contribution in [3.8, 4) is 11.8 Å². The molecule has 0 N–H and O–H groups in total.